The number of likely N-dealkylation sites (tertiary alicyclic amines) is 1. The molecule has 226 valence electrons. The zero-order valence-corrected chi connectivity index (χ0v) is 26.3. The molecular formula is C33H37ClFN5O3. The first-order valence-electron chi connectivity index (χ1n) is 14.4. The van der Waals surface area contributed by atoms with Gasteiger partial charge in [0, 0.05) is 48.9 Å². The van der Waals surface area contributed by atoms with Crippen molar-refractivity contribution in [2.75, 3.05) is 25.0 Å². The topological polar surface area (TPSA) is 91.6 Å². The van der Waals surface area contributed by atoms with Gasteiger partial charge in [0.1, 0.15) is 23.0 Å². The van der Waals surface area contributed by atoms with Gasteiger partial charge in [-0.05, 0) is 88.4 Å². The SMILES string of the molecule is Cc1cc(N(C)C2CCN(C(=O)c3ccc4c(-c5ccc(Cl)c(F)c5)cn(C(C)(C)C)c4n3)CC2C)nc(C)c1C(=O)O. The highest BCUT2D eigenvalue weighted by molar-refractivity contribution is 6.30. The molecule has 43 heavy (non-hydrogen) atoms. The fourth-order valence-corrected chi connectivity index (χ4v) is 6.28. The van der Waals surface area contributed by atoms with E-state index in [9.17, 15) is 19.1 Å². The minimum atomic E-state index is -0.978. The Hall–Kier alpha value is -3.98. The van der Waals surface area contributed by atoms with Gasteiger partial charge in [-0.1, -0.05) is 24.6 Å². The first kappa shape index (κ1) is 30.5. The number of rotatable bonds is 5. The zero-order chi connectivity index (χ0) is 31.4. The van der Waals surface area contributed by atoms with Gasteiger partial charge in [0.05, 0.1) is 16.3 Å². The van der Waals surface area contributed by atoms with Crippen molar-refractivity contribution in [3.63, 3.8) is 0 Å². The molecule has 1 fully saturated rings. The van der Waals surface area contributed by atoms with Crippen LogP contribution in [0.1, 0.15) is 66.2 Å². The molecule has 4 heterocycles. The van der Waals surface area contributed by atoms with E-state index in [0.717, 1.165) is 23.2 Å². The molecule has 1 amide bonds. The van der Waals surface area contributed by atoms with Crippen LogP contribution in [0.5, 0.6) is 0 Å². The number of aromatic nitrogens is 3. The second-order valence-electron chi connectivity index (χ2n) is 12.5. The standard InChI is InChI=1S/C33H37ClFN5O3/c1-18-14-28(36-20(3)29(18)32(42)43)38(7)27-12-13-39(16-19(27)2)31(41)26-11-9-22-23(21-8-10-24(34)25(35)15-21)17-40(30(22)37-26)33(4,5)6/h8-11,14-15,17,19,27H,12-13,16H2,1-7H3,(H,42,43). The Bertz CT molecular complexity index is 1720. The van der Waals surface area contributed by atoms with E-state index in [2.05, 4.69) is 37.6 Å². The molecule has 2 unspecified atom stereocenters. The molecule has 1 aromatic carbocycles. The summed E-state index contributed by atoms with van der Waals surface area (Å²) in [5.41, 5.74) is 3.59. The van der Waals surface area contributed by atoms with E-state index in [1.54, 1.807) is 32.0 Å². The lowest BCUT2D eigenvalue weighted by Crippen LogP contribution is -2.51. The van der Waals surface area contributed by atoms with Gasteiger partial charge in [-0.15, -0.1) is 0 Å². The number of carbonyl (C=O) groups is 2. The van der Waals surface area contributed by atoms with E-state index in [-0.39, 0.29) is 34.0 Å². The lowest BCUT2D eigenvalue weighted by atomic mass is 9.92. The molecule has 3 aromatic heterocycles. The van der Waals surface area contributed by atoms with Crippen molar-refractivity contribution < 1.29 is 19.1 Å². The molecule has 0 saturated carbocycles. The van der Waals surface area contributed by atoms with Crippen LogP contribution in [0.4, 0.5) is 10.2 Å². The molecule has 1 aliphatic heterocycles. The number of carbonyl (C=O) groups excluding carboxylic acids is 1. The zero-order valence-electron chi connectivity index (χ0n) is 25.6. The monoisotopic (exact) mass is 605 g/mol. The Labute approximate surface area is 256 Å². The first-order chi connectivity index (χ1) is 20.2. The van der Waals surface area contributed by atoms with Gasteiger partial charge >= 0.3 is 5.97 Å². The lowest BCUT2D eigenvalue weighted by Gasteiger charge is -2.41. The fraction of sp³-hybridized carbons (Fsp3) is 0.394. The Balaban J connectivity index is 1.40. The number of hydrogen-bond donors (Lipinski definition) is 1. The average molecular weight is 606 g/mol. The summed E-state index contributed by atoms with van der Waals surface area (Å²) in [6, 6.07) is 10.3. The number of fused-ring (bicyclic) bond motifs is 1. The number of hydrogen-bond acceptors (Lipinski definition) is 5. The highest BCUT2D eigenvalue weighted by atomic mass is 35.5. The van der Waals surface area contributed by atoms with E-state index in [4.69, 9.17) is 16.6 Å². The molecule has 1 aliphatic rings. The van der Waals surface area contributed by atoms with Crippen LogP contribution >= 0.6 is 11.6 Å². The molecule has 0 aliphatic carbocycles. The molecule has 1 saturated heterocycles. The maximum Gasteiger partial charge on any atom is 0.337 e. The van der Waals surface area contributed by atoms with Crippen LogP contribution in [-0.4, -0.2) is 62.6 Å². The number of amides is 1. The molecule has 2 atom stereocenters. The van der Waals surface area contributed by atoms with Gasteiger partial charge in [-0.3, -0.25) is 4.79 Å². The van der Waals surface area contributed by atoms with Gasteiger partial charge in [0.2, 0.25) is 0 Å². The Morgan fingerprint density at radius 3 is 2.44 bits per heavy atom. The maximum atomic E-state index is 14.3. The van der Waals surface area contributed by atoms with Crippen molar-refractivity contribution in [2.24, 2.45) is 5.92 Å². The molecular weight excluding hydrogens is 569 g/mol. The van der Waals surface area contributed by atoms with Crippen molar-refractivity contribution in [1.82, 2.24) is 19.4 Å². The maximum absolute atomic E-state index is 14.3. The summed E-state index contributed by atoms with van der Waals surface area (Å²) >= 11 is 5.93. The average Bonchev–Trinajstić information content (AvgIpc) is 3.32. The normalized spacial score (nSPS) is 17.4. The fourth-order valence-electron chi connectivity index (χ4n) is 6.17. The molecule has 10 heteroatoms. The summed E-state index contributed by atoms with van der Waals surface area (Å²) in [7, 11) is 1.97. The van der Waals surface area contributed by atoms with Crippen LogP contribution in [-0.2, 0) is 5.54 Å². The lowest BCUT2D eigenvalue weighted by molar-refractivity contribution is 0.0654. The number of anilines is 1. The summed E-state index contributed by atoms with van der Waals surface area (Å²) in [6.07, 6.45) is 2.69. The molecule has 5 rings (SSSR count). The van der Waals surface area contributed by atoms with Crippen LogP contribution in [0, 0.1) is 25.6 Å². The van der Waals surface area contributed by atoms with Crippen LogP contribution in [0.3, 0.4) is 0 Å². The molecule has 4 aromatic rings. The van der Waals surface area contributed by atoms with E-state index >= 15 is 0 Å². The van der Waals surface area contributed by atoms with Crippen molar-refractivity contribution in [2.45, 2.75) is 59.5 Å². The van der Waals surface area contributed by atoms with E-state index in [1.807, 2.05) is 34.8 Å². The number of nitrogens with zero attached hydrogens (tertiary/aromatic N) is 5. The van der Waals surface area contributed by atoms with Gasteiger partial charge < -0.3 is 19.5 Å². The number of aryl methyl sites for hydroxylation is 2. The molecule has 0 spiro atoms. The number of carboxylic acid groups (broad SMARTS) is 1. The first-order valence-corrected chi connectivity index (χ1v) is 14.8. The highest BCUT2D eigenvalue weighted by Gasteiger charge is 2.33. The third-order valence-corrected chi connectivity index (χ3v) is 8.73. The molecule has 0 radical (unpaired) electrons. The number of carboxylic acids is 1. The highest BCUT2D eigenvalue weighted by Crippen LogP contribution is 2.35. The molecule has 8 nitrogen and oxygen atoms in total. The Morgan fingerprint density at radius 2 is 1.84 bits per heavy atom. The number of aromatic carboxylic acids is 1. The number of pyridine rings is 2. The number of halogens is 2. The summed E-state index contributed by atoms with van der Waals surface area (Å²) in [5, 5.41) is 10.4. The van der Waals surface area contributed by atoms with Crippen LogP contribution in [0.2, 0.25) is 5.02 Å². The summed E-state index contributed by atoms with van der Waals surface area (Å²) in [4.78, 5) is 38.7. The Morgan fingerprint density at radius 1 is 1.12 bits per heavy atom. The van der Waals surface area contributed by atoms with Gasteiger partial charge in [-0.2, -0.15) is 0 Å². The van der Waals surface area contributed by atoms with Gasteiger partial charge in [-0.25, -0.2) is 19.2 Å². The summed E-state index contributed by atoms with van der Waals surface area (Å²) in [5.74, 6) is -0.738. The van der Waals surface area contributed by atoms with Crippen molar-refractivity contribution in [3.8, 4) is 11.1 Å². The number of piperidine rings is 1. The Kier molecular flexibility index (Phi) is 7.98. The summed E-state index contributed by atoms with van der Waals surface area (Å²) < 4.78 is 16.4. The minimum absolute atomic E-state index is 0.0658. The quantitative estimate of drug-likeness (QED) is 0.265. The van der Waals surface area contributed by atoms with Gasteiger partial charge in [0.15, 0.2) is 0 Å². The summed E-state index contributed by atoms with van der Waals surface area (Å²) in [6.45, 7) is 12.9. The third kappa shape index (κ3) is 5.70. The predicted octanol–water partition coefficient (Wildman–Crippen LogP) is 6.95. The van der Waals surface area contributed by atoms with E-state index in [0.29, 0.717) is 41.3 Å². The van der Waals surface area contributed by atoms with Gasteiger partial charge in [0.25, 0.3) is 5.91 Å². The smallest absolute Gasteiger partial charge is 0.337 e. The predicted molar refractivity (Wildman–Crippen MR) is 168 cm³/mol. The largest absolute Gasteiger partial charge is 0.478 e. The number of benzene rings is 1. The third-order valence-electron chi connectivity index (χ3n) is 8.43. The van der Waals surface area contributed by atoms with Crippen LogP contribution in [0.25, 0.3) is 22.2 Å². The molecule has 1 N–H and O–H groups in total. The van der Waals surface area contributed by atoms with E-state index < -0.39 is 11.8 Å². The van der Waals surface area contributed by atoms with Crippen LogP contribution < -0.4 is 4.90 Å². The second-order valence-corrected chi connectivity index (χ2v) is 12.9. The second kappa shape index (κ2) is 11.3. The van der Waals surface area contributed by atoms with Crippen LogP contribution in [0.15, 0.2) is 42.6 Å². The van der Waals surface area contributed by atoms with Crippen molar-refractivity contribution in [1.29, 1.82) is 0 Å². The van der Waals surface area contributed by atoms with E-state index in [1.165, 1.54) is 6.07 Å². The molecule has 0 bridgehead atoms. The van der Waals surface area contributed by atoms with Crippen molar-refractivity contribution in [3.05, 3.63) is 75.9 Å². The van der Waals surface area contributed by atoms with Crippen molar-refractivity contribution >= 4 is 40.3 Å². The minimum Gasteiger partial charge on any atom is -0.478 e.